The van der Waals surface area contributed by atoms with E-state index in [4.69, 9.17) is 0 Å². The highest BCUT2D eigenvalue weighted by molar-refractivity contribution is 5.55. The average molecular weight is 279 g/mol. The molecule has 0 bridgehead atoms. The lowest BCUT2D eigenvalue weighted by Gasteiger charge is -2.20. The molecule has 1 heterocycles. The lowest BCUT2D eigenvalue weighted by molar-refractivity contribution is 0.590. The molecule has 2 rings (SSSR count). The number of rotatable bonds is 3. The van der Waals surface area contributed by atoms with Gasteiger partial charge in [-0.3, -0.25) is 0 Å². The molecule has 20 heavy (non-hydrogen) atoms. The molecule has 0 radical (unpaired) electrons. The summed E-state index contributed by atoms with van der Waals surface area (Å²) in [6, 6.07) is 3.58. The zero-order valence-electron chi connectivity index (χ0n) is 11.4. The highest BCUT2D eigenvalue weighted by atomic mass is 19.1. The molecule has 0 atom stereocenters. The summed E-state index contributed by atoms with van der Waals surface area (Å²) in [4.78, 5) is 4.11. The van der Waals surface area contributed by atoms with Crippen molar-refractivity contribution >= 4 is 17.5 Å². The summed E-state index contributed by atoms with van der Waals surface area (Å²) >= 11 is 0. The summed E-state index contributed by atoms with van der Waals surface area (Å²) in [7, 11) is 0. The first-order chi connectivity index (χ1) is 9.35. The predicted molar refractivity (Wildman–Crippen MR) is 72.8 cm³/mol. The van der Waals surface area contributed by atoms with Crippen molar-refractivity contribution < 1.29 is 8.78 Å². The van der Waals surface area contributed by atoms with Gasteiger partial charge in [-0.2, -0.15) is 10.1 Å². The fraction of sp³-hybridized carbons (Fsp3) is 0.308. The van der Waals surface area contributed by atoms with E-state index >= 15 is 0 Å². The molecule has 0 unspecified atom stereocenters. The van der Waals surface area contributed by atoms with Crippen LogP contribution in [0.5, 0.6) is 0 Å². The molecule has 0 fully saturated rings. The maximum Gasteiger partial charge on any atom is 0.249 e. The predicted octanol–water partition coefficient (Wildman–Crippen LogP) is 3.10. The summed E-state index contributed by atoms with van der Waals surface area (Å²) in [6.45, 7) is 5.87. The van der Waals surface area contributed by atoms with Crippen molar-refractivity contribution in [3.63, 3.8) is 0 Å². The molecule has 0 aliphatic heterocycles. The minimum Gasteiger partial charge on any atom is -0.364 e. The van der Waals surface area contributed by atoms with Crippen LogP contribution < -0.4 is 10.6 Å². The van der Waals surface area contributed by atoms with Crippen molar-refractivity contribution in [2.75, 3.05) is 10.6 Å². The van der Waals surface area contributed by atoms with Gasteiger partial charge in [0.2, 0.25) is 5.95 Å². The Kier molecular flexibility index (Phi) is 3.78. The molecular formula is C13H15F2N5. The van der Waals surface area contributed by atoms with E-state index in [0.29, 0.717) is 5.82 Å². The van der Waals surface area contributed by atoms with Crippen LogP contribution in [0.2, 0.25) is 0 Å². The Morgan fingerprint density at radius 1 is 1.10 bits per heavy atom. The van der Waals surface area contributed by atoms with Gasteiger partial charge in [-0.1, -0.05) is 6.07 Å². The quantitative estimate of drug-likeness (QED) is 0.904. The molecule has 106 valence electrons. The lowest BCUT2D eigenvalue weighted by atomic mass is 10.1. The maximum atomic E-state index is 13.5. The van der Waals surface area contributed by atoms with Crippen molar-refractivity contribution in [1.82, 2.24) is 15.2 Å². The third kappa shape index (κ3) is 3.59. The summed E-state index contributed by atoms with van der Waals surface area (Å²) < 4.78 is 27.0. The van der Waals surface area contributed by atoms with E-state index in [1.807, 2.05) is 20.8 Å². The van der Waals surface area contributed by atoms with Gasteiger partial charge in [0.05, 0.1) is 6.20 Å². The Balaban J connectivity index is 2.24. The standard InChI is InChI=1S/C13H15F2N5/c1-13(2,3)19-10-7-16-20-12(17-10)18-11-8(14)5-4-6-9(11)15/h4-7H,1-3H3,(H2,17,18,19,20). The van der Waals surface area contributed by atoms with Crippen molar-refractivity contribution in [3.8, 4) is 0 Å². The van der Waals surface area contributed by atoms with Gasteiger partial charge >= 0.3 is 0 Å². The summed E-state index contributed by atoms with van der Waals surface area (Å²) in [5, 5.41) is 13.0. The van der Waals surface area contributed by atoms with E-state index in [9.17, 15) is 8.78 Å². The van der Waals surface area contributed by atoms with Gasteiger partial charge in [-0.15, -0.1) is 5.10 Å². The third-order valence-electron chi connectivity index (χ3n) is 2.26. The number of hydrogen-bond acceptors (Lipinski definition) is 5. The lowest BCUT2D eigenvalue weighted by Crippen LogP contribution is -2.27. The molecule has 1 aromatic carbocycles. The zero-order valence-corrected chi connectivity index (χ0v) is 11.4. The number of halogens is 2. The summed E-state index contributed by atoms with van der Waals surface area (Å²) in [5.41, 5.74) is -0.515. The topological polar surface area (TPSA) is 62.7 Å². The molecule has 0 aliphatic carbocycles. The van der Waals surface area contributed by atoms with Gasteiger partial charge in [0, 0.05) is 5.54 Å². The monoisotopic (exact) mass is 279 g/mol. The van der Waals surface area contributed by atoms with Crippen LogP contribution in [0.25, 0.3) is 0 Å². The smallest absolute Gasteiger partial charge is 0.249 e. The fourth-order valence-corrected chi connectivity index (χ4v) is 1.53. The van der Waals surface area contributed by atoms with Crippen LogP contribution in [0.15, 0.2) is 24.4 Å². The largest absolute Gasteiger partial charge is 0.364 e. The first kappa shape index (κ1) is 14.1. The van der Waals surface area contributed by atoms with Gasteiger partial charge in [0.25, 0.3) is 0 Å². The number of para-hydroxylation sites is 1. The van der Waals surface area contributed by atoms with Gasteiger partial charge in [0.15, 0.2) is 5.82 Å². The van der Waals surface area contributed by atoms with Crippen molar-refractivity contribution in [2.24, 2.45) is 0 Å². The van der Waals surface area contributed by atoms with Gasteiger partial charge < -0.3 is 10.6 Å². The minimum absolute atomic E-state index is 0.0169. The number of aromatic nitrogens is 3. The van der Waals surface area contributed by atoms with E-state index in [1.165, 1.54) is 12.3 Å². The number of hydrogen-bond donors (Lipinski definition) is 2. The van der Waals surface area contributed by atoms with Crippen molar-refractivity contribution in [3.05, 3.63) is 36.0 Å². The first-order valence-electron chi connectivity index (χ1n) is 6.04. The number of anilines is 3. The molecule has 0 aliphatic rings. The molecule has 7 heteroatoms. The Labute approximate surface area is 115 Å². The van der Waals surface area contributed by atoms with Crippen molar-refractivity contribution in [1.29, 1.82) is 0 Å². The summed E-state index contributed by atoms with van der Waals surface area (Å²) in [5.74, 6) is -0.958. The van der Waals surface area contributed by atoms with Crippen LogP contribution in [0.3, 0.4) is 0 Å². The average Bonchev–Trinajstić information content (AvgIpc) is 2.32. The SMILES string of the molecule is CC(C)(C)Nc1cnnc(Nc2c(F)cccc2F)n1. The second-order valence-corrected chi connectivity index (χ2v) is 5.26. The molecule has 0 saturated carbocycles. The number of nitrogens with one attached hydrogen (secondary N) is 2. The Morgan fingerprint density at radius 3 is 2.35 bits per heavy atom. The molecule has 2 aromatic rings. The highest BCUT2D eigenvalue weighted by Gasteiger charge is 2.13. The first-order valence-corrected chi connectivity index (χ1v) is 6.04. The molecule has 0 amide bonds. The summed E-state index contributed by atoms with van der Waals surface area (Å²) in [6.07, 6.45) is 1.44. The normalized spacial score (nSPS) is 11.2. The van der Waals surface area contributed by atoms with E-state index in [-0.39, 0.29) is 17.2 Å². The Bertz CT molecular complexity index is 590. The van der Waals surface area contributed by atoms with Crippen LogP contribution in [0.4, 0.5) is 26.2 Å². The fourth-order valence-electron chi connectivity index (χ4n) is 1.53. The molecule has 2 N–H and O–H groups in total. The third-order valence-corrected chi connectivity index (χ3v) is 2.26. The Morgan fingerprint density at radius 2 is 1.75 bits per heavy atom. The molecule has 0 saturated heterocycles. The van der Waals surface area contributed by atoms with Gasteiger partial charge in [0.1, 0.15) is 17.3 Å². The van der Waals surface area contributed by atoms with Crippen molar-refractivity contribution in [2.45, 2.75) is 26.3 Å². The van der Waals surface area contributed by atoms with Crippen LogP contribution in [0.1, 0.15) is 20.8 Å². The van der Waals surface area contributed by atoms with Gasteiger partial charge in [-0.25, -0.2) is 8.78 Å². The second-order valence-electron chi connectivity index (χ2n) is 5.26. The van der Waals surface area contributed by atoms with E-state index < -0.39 is 11.6 Å². The van der Waals surface area contributed by atoms with Crippen LogP contribution in [0, 0.1) is 11.6 Å². The number of benzene rings is 1. The molecule has 0 spiro atoms. The zero-order chi connectivity index (χ0) is 14.8. The molecule has 1 aromatic heterocycles. The second kappa shape index (κ2) is 5.36. The van der Waals surface area contributed by atoms with Crippen LogP contribution in [-0.2, 0) is 0 Å². The molecular weight excluding hydrogens is 264 g/mol. The molecule has 5 nitrogen and oxygen atoms in total. The Hall–Kier alpha value is -2.31. The van der Waals surface area contributed by atoms with E-state index in [1.54, 1.807) is 0 Å². The van der Waals surface area contributed by atoms with E-state index in [2.05, 4.69) is 25.8 Å². The maximum absolute atomic E-state index is 13.5. The highest BCUT2D eigenvalue weighted by Crippen LogP contribution is 2.21. The minimum atomic E-state index is -0.720. The van der Waals surface area contributed by atoms with Crippen LogP contribution >= 0.6 is 0 Å². The van der Waals surface area contributed by atoms with Gasteiger partial charge in [-0.05, 0) is 32.9 Å². The van der Waals surface area contributed by atoms with Crippen LogP contribution in [-0.4, -0.2) is 20.7 Å². The number of nitrogens with zero attached hydrogens (tertiary/aromatic N) is 3. The van der Waals surface area contributed by atoms with E-state index in [0.717, 1.165) is 12.1 Å².